The molecule has 2 aromatic rings. The number of carbonyl (C=O) groups excluding carboxylic acids is 3. The van der Waals surface area contributed by atoms with Crippen molar-refractivity contribution in [2.45, 2.75) is 32.1 Å². The highest BCUT2D eigenvalue weighted by molar-refractivity contribution is 6.17. The van der Waals surface area contributed by atoms with Gasteiger partial charge in [0.25, 0.3) is 5.91 Å². The van der Waals surface area contributed by atoms with Gasteiger partial charge in [-0.15, -0.1) is 0 Å². The number of carbonyl (C=O) groups is 3. The van der Waals surface area contributed by atoms with Crippen LogP contribution >= 0.6 is 0 Å². The molecule has 186 valence electrons. The lowest BCUT2D eigenvalue weighted by atomic mass is 10.1. The number of guanidine groups is 1. The molecule has 0 saturated carbocycles. The molecule has 0 bridgehead atoms. The minimum atomic E-state index is -0.879. The molecule has 10 heteroatoms. The second-order valence-electron chi connectivity index (χ2n) is 8.84. The maximum Gasteiger partial charge on any atom is 0.328 e. The van der Waals surface area contributed by atoms with Crippen molar-refractivity contribution in [1.82, 2.24) is 14.7 Å². The molecule has 1 fully saturated rings. The summed E-state index contributed by atoms with van der Waals surface area (Å²) in [4.78, 5) is 49.8. The predicted molar refractivity (Wildman–Crippen MR) is 133 cm³/mol. The Bertz CT molecular complexity index is 1310. The van der Waals surface area contributed by atoms with Crippen LogP contribution in [-0.2, 0) is 9.59 Å². The highest BCUT2D eigenvalue weighted by Gasteiger charge is 2.56. The molecular weight excluding hydrogens is 462 g/mol. The predicted octanol–water partition coefficient (Wildman–Crippen LogP) is 2.76. The number of fused-ring (bicyclic) bond motifs is 3. The summed E-state index contributed by atoms with van der Waals surface area (Å²) in [7, 11) is 4.75. The van der Waals surface area contributed by atoms with Gasteiger partial charge < -0.3 is 14.4 Å². The number of nitrogens with zero attached hydrogens (tertiary/aromatic N) is 5. The van der Waals surface area contributed by atoms with E-state index in [1.807, 2.05) is 53.6 Å². The molecule has 2 aromatic carbocycles. The van der Waals surface area contributed by atoms with Crippen LogP contribution in [0, 0.1) is 0 Å². The van der Waals surface area contributed by atoms with E-state index in [0.717, 1.165) is 16.2 Å². The average molecular weight is 490 g/mol. The van der Waals surface area contributed by atoms with Gasteiger partial charge in [0, 0.05) is 24.9 Å². The number of Topliss-reactive ketones (excluding diaryl/α,β-unsaturated/α-hetero) is 1. The first-order valence-electron chi connectivity index (χ1n) is 11.5. The molecule has 0 spiro atoms. The number of imide groups is 1. The van der Waals surface area contributed by atoms with Gasteiger partial charge in [-0.05, 0) is 26.0 Å². The average Bonchev–Trinajstić information content (AvgIpc) is 3.44. The Hall–Kier alpha value is -4.34. The van der Waals surface area contributed by atoms with Crippen LogP contribution in [0.1, 0.15) is 19.4 Å². The quantitative estimate of drug-likeness (QED) is 0.616. The topological polar surface area (TPSA) is 95.0 Å². The molecule has 36 heavy (non-hydrogen) atoms. The number of anilines is 1. The molecule has 3 aliphatic heterocycles. The zero-order chi connectivity index (χ0) is 25.7. The summed E-state index contributed by atoms with van der Waals surface area (Å²) >= 11 is 0. The van der Waals surface area contributed by atoms with Crippen molar-refractivity contribution in [2.75, 3.05) is 26.2 Å². The number of methoxy groups -OCH3 is 2. The van der Waals surface area contributed by atoms with Gasteiger partial charge in [0.15, 0.2) is 18.0 Å². The summed E-state index contributed by atoms with van der Waals surface area (Å²) in [6.45, 7) is 2.93. The molecule has 0 aromatic heterocycles. The summed E-state index contributed by atoms with van der Waals surface area (Å²) in [5.41, 5.74) is 2.39. The molecule has 0 N–H and O–H groups in total. The first-order chi connectivity index (χ1) is 17.3. The van der Waals surface area contributed by atoms with Crippen molar-refractivity contribution < 1.29 is 23.9 Å². The van der Waals surface area contributed by atoms with E-state index in [-0.39, 0.29) is 5.78 Å². The Morgan fingerprint density at radius 1 is 1.06 bits per heavy atom. The molecule has 3 atom stereocenters. The van der Waals surface area contributed by atoms with Crippen molar-refractivity contribution in [1.29, 1.82) is 0 Å². The highest BCUT2D eigenvalue weighted by Crippen LogP contribution is 2.44. The van der Waals surface area contributed by atoms with Crippen LogP contribution in [0.25, 0.3) is 5.70 Å². The molecule has 3 aliphatic rings. The normalized spacial score (nSPS) is 21.7. The summed E-state index contributed by atoms with van der Waals surface area (Å²) in [5.74, 6) is 0.940. The van der Waals surface area contributed by atoms with Gasteiger partial charge in [0.2, 0.25) is 5.96 Å². The Kier molecular flexibility index (Phi) is 5.66. The largest absolute Gasteiger partial charge is 0.497 e. The number of urea groups is 1. The van der Waals surface area contributed by atoms with E-state index in [4.69, 9.17) is 14.5 Å². The third-order valence-corrected chi connectivity index (χ3v) is 6.83. The van der Waals surface area contributed by atoms with Crippen molar-refractivity contribution >= 4 is 35.1 Å². The van der Waals surface area contributed by atoms with Crippen LogP contribution in [0.3, 0.4) is 0 Å². The number of ether oxygens (including phenoxy) is 2. The number of benzene rings is 2. The lowest BCUT2D eigenvalue weighted by molar-refractivity contribution is -0.142. The molecule has 3 unspecified atom stereocenters. The summed E-state index contributed by atoms with van der Waals surface area (Å²) in [6.07, 6.45) is 1.12. The van der Waals surface area contributed by atoms with E-state index < -0.39 is 30.2 Å². The lowest BCUT2D eigenvalue weighted by Gasteiger charge is -2.41. The van der Waals surface area contributed by atoms with Gasteiger partial charge in [-0.25, -0.2) is 9.79 Å². The van der Waals surface area contributed by atoms with E-state index >= 15 is 0 Å². The maximum atomic E-state index is 13.7. The van der Waals surface area contributed by atoms with Crippen molar-refractivity contribution in [3.8, 4) is 11.5 Å². The second-order valence-corrected chi connectivity index (χ2v) is 8.84. The van der Waals surface area contributed by atoms with E-state index in [0.29, 0.717) is 23.1 Å². The first kappa shape index (κ1) is 23.4. The number of ketones is 1. The van der Waals surface area contributed by atoms with Crippen LogP contribution < -0.4 is 14.4 Å². The summed E-state index contributed by atoms with van der Waals surface area (Å²) in [5, 5.41) is 0. The number of hydrogen-bond acceptors (Lipinski definition) is 8. The highest BCUT2D eigenvalue weighted by atomic mass is 16.5. The van der Waals surface area contributed by atoms with Crippen molar-refractivity contribution in [3.05, 3.63) is 60.3 Å². The maximum absolute atomic E-state index is 13.7. The van der Waals surface area contributed by atoms with Gasteiger partial charge in [-0.1, -0.05) is 30.3 Å². The van der Waals surface area contributed by atoms with E-state index in [9.17, 15) is 14.4 Å². The standard InChI is InChI=1S/C26H27N5O5/c1-15(16(2)32)30-24(33)22-23(28(3)26(30)34)27-25-29(22)14-20(17-9-7-6-8-10-17)31(25)19-12-11-18(35-4)13-21(19)36-5/h6-15,22-23H,1-5H3. The fourth-order valence-electron chi connectivity index (χ4n) is 4.75. The van der Waals surface area contributed by atoms with Crippen LogP contribution in [0.15, 0.2) is 59.7 Å². The number of amides is 3. The van der Waals surface area contributed by atoms with Gasteiger partial charge in [0.1, 0.15) is 11.5 Å². The first-order valence-corrected chi connectivity index (χ1v) is 11.5. The smallest absolute Gasteiger partial charge is 0.328 e. The molecule has 5 rings (SSSR count). The Labute approximate surface area is 209 Å². The monoisotopic (exact) mass is 489 g/mol. The Morgan fingerprint density at radius 2 is 1.78 bits per heavy atom. The molecular formula is C26H27N5O5. The number of likely N-dealkylation sites (N-methyl/N-ethyl adjacent to an activating group) is 1. The molecule has 0 radical (unpaired) electrons. The van der Waals surface area contributed by atoms with Crippen LogP contribution in [0.4, 0.5) is 10.5 Å². The summed E-state index contributed by atoms with van der Waals surface area (Å²) in [6, 6.07) is 13.0. The zero-order valence-corrected chi connectivity index (χ0v) is 20.7. The third-order valence-electron chi connectivity index (χ3n) is 6.83. The minimum Gasteiger partial charge on any atom is -0.497 e. The Balaban J connectivity index is 1.65. The molecule has 3 heterocycles. The molecule has 0 aliphatic carbocycles. The van der Waals surface area contributed by atoms with Crippen LogP contribution in [-0.4, -0.2) is 77.9 Å². The van der Waals surface area contributed by atoms with Crippen molar-refractivity contribution in [2.24, 2.45) is 4.99 Å². The Morgan fingerprint density at radius 3 is 2.42 bits per heavy atom. The van der Waals surface area contributed by atoms with E-state index in [1.54, 1.807) is 39.2 Å². The SMILES string of the molecule is COc1ccc(N2C(c3ccccc3)=CN3C2=NC2C3C(=O)N(C(C)C(C)=O)C(=O)N2C)c(OC)c1. The van der Waals surface area contributed by atoms with Gasteiger partial charge in [-0.2, -0.15) is 0 Å². The van der Waals surface area contributed by atoms with E-state index in [2.05, 4.69) is 0 Å². The van der Waals surface area contributed by atoms with Crippen LogP contribution in [0.5, 0.6) is 11.5 Å². The van der Waals surface area contributed by atoms with Gasteiger partial charge >= 0.3 is 6.03 Å². The van der Waals surface area contributed by atoms with Gasteiger partial charge in [-0.3, -0.25) is 24.3 Å². The third kappa shape index (κ3) is 3.40. The lowest BCUT2D eigenvalue weighted by Crippen LogP contribution is -2.66. The molecule has 3 amide bonds. The summed E-state index contributed by atoms with van der Waals surface area (Å²) < 4.78 is 11.1. The van der Waals surface area contributed by atoms with Crippen molar-refractivity contribution in [3.63, 3.8) is 0 Å². The van der Waals surface area contributed by atoms with E-state index in [1.165, 1.54) is 11.8 Å². The minimum absolute atomic E-state index is 0.269. The van der Waals surface area contributed by atoms with Gasteiger partial charge in [0.05, 0.1) is 31.6 Å². The number of aliphatic imine (C=N–C) groups is 1. The fourth-order valence-corrected chi connectivity index (χ4v) is 4.75. The fraction of sp³-hybridized carbons (Fsp3) is 0.308. The zero-order valence-electron chi connectivity index (χ0n) is 20.7. The number of rotatable bonds is 6. The number of hydrogen-bond donors (Lipinski definition) is 0. The van der Waals surface area contributed by atoms with Crippen LogP contribution in [0.2, 0.25) is 0 Å². The molecule has 1 saturated heterocycles. The molecule has 10 nitrogen and oxygen atoms in total. The second kappa shape index (κ2) is 8.71.